The second-order valence-corrected chi connectivity index (χ2v) is 5.28. The van der Waals surface area contributed by atoms with Crippen LogP contribution in [0, 0.1) is 0 Å². The van der Waals surface area contributed by atoms with Gasteiger partial charge in [0.05, 0.1) is 9.98 Å². The minimum atomic E-state index is -0.354. The summed E-state index contributed by atoms with van der Waals surface area (Å²) < 4.78 is 0.828. The first-order valence-corrected chi connectivity index (χ1v) is 5.87. The largest absolute Gasteiger partial charge is 0.329 e. The molecule has 0 saturated heterocycles. The lowest BCUT2D eigenvalue weighted by atomic mass is 10.2. The van der Waals surface area contributed by atoms with Crippen LogP contribution in [0.15, 0.2) is 33.1 Å². The summed E-state index contributed by atoms with van der Waals surface area (Å²) in [5, 5.41) is 3.08. The average molecular weight is 300 g/mol. The Morgan fingerprint density at radius 1 is 1.56 bits per heavy atom. The summed E-state index contributed by atoms with van der Waals surface area (Å²) in [4.78, 5) is 29.1. The fourth-order valence-electron chi connectivity index (χ4n) is 1.07. The number of hydrogen-bond donors (Lipinski definition) is 2. The highest BCUT2D eigenvalue weighted by molar-refractivity contribution is 9.11. The Morgan fingerprint density at radius 3 is 3.00 bits per heavy atom. The van der Waals surface area contributed by atoms with Crippen LogP contribution in [0.1, 0.15) is 10.4 Å². The van der Waals surface area contributed by atoms with Crippen LogP contribution < -0.4 is 10.9 Å². The maximum atomic E-state index is 11.7. The minimum Gasteiger partial charge on any atom is -0.329 e. The van der Waals surface area contributed by atoms with Gasteiger partial charge in [-0.1, -0.05) is 11.3 Å². The van der Waals surface area contributed by atoms with E-state index in [2.05, 4.69) is 31.2 Å². The molecular formula is C9H6BrN3O2S. The smallest absolute Gasteiger partial charge is 0.257 e. The van der Waals surface area contributed by atoms with E-state index >= 15 is 0 Å². The maximum absolute atomic E-state index is 11.7. The van der Waals surface area contributed by atoms with E-state index in [0.717, 1.165) is 3.79 Å². The van der Waals surface area contributed by atoms with Gasteiger partial charge in [0.1, 0.15) is 0 Å². The summed E-state index contributed by atoms with van der Waals surface area (Å²) in [7, 11) is 0. The molecule has 0 unspecified atom stereocenters. The van der Waals surface area contributed by atoms with Gasteiger partial charge in [-0.2, -0.15) is 0 Å². The first kappa shape index (κ1) is 11.0. The zero-order valence-electron chi connectivity index (χ0n) is 7.86. The van der Waals surface area contributed by atoms with Crippen LogP contribution in [0.5, 0.6) is 0 Å². The molecule has 2 aromatic rings. The van der Waals surface area contributed by atoms with Gasteiger partial charge in [0.2, 0.25) is 5.56 Å². The van der Waals surface area contributed by atoms with Crippen LogP contribution in [-0.4, -0.2) is 15.9 Å². The van der Waals surface area contributed by atoms with E-state index in [1.165, 1.54) is 29.7 Å². The van der Waals surface area contributed by atoms with Gasteiger partial charge in [-0.25, -0.2) is 4.98 Å². The quantitative estimate of drug-likeness (QED) is 0.888. The molecule has 0 radical (unpaired) electrons. The van der Waals surface area contributed by atoms with Gasteiger partial charge in [-0.3, -0.25) is 14.9 Å². The van der Waals surface area contributed by atoms with Gasteiger partial charge in [0.15, 0.2) is 5.13 Å². The number of aromatic amines is 1. The van der Waals surface area contributed by atoms with Crippen molar-refractivity contribution in [3.05, 3.63) is 44.2 Å². The number of aromatic nitrogens is 2. The van der Waals surface area contributed by atoms with E-state index in [0.29, 0.717) is 10.7 Å². The number of rotatable bonds is 2. The van der Waals surface area contributed by atoms with Crippen LogP contribution in [0.25, 0.3) is 0 Å². The van der Waals surface area contributed by atoms with Gasteiger partial charge >= 0.3 is 0 Å². The third kappa shape index (κ3) is 2.56. The number of carbonyl (C=O) groups excluding carboxylic acids is 1. The van der Waals surface area contributed by atoms with Crippen molar-refractivity contribution in [1.82, 2.24) is 9.97 Å². The predicted octanol–water partition coefficient (Wildman–Crippen LogP) is 1.85. The molecule has 2 heterocycles. The Morgan fingerprint density at radius 2 is 2.38 bits per heavy atom. The van der Waals surface area contributed by atoms with E-state index < -0.39 is 0 Å². The van der Waals surface area contributed by atoms with E-state index in [1.54, 1.807) is 6.20 Å². The molecule has 0 atom stereocenters. The van der Waals surface area contributed by atoms with Crippen molar-refractivity contribution in [2.24, 2.45) is 0 Å². The Kier molecular flexibility index (Phi) is 3.16. The predicted molar refractivity (Wildman–Crippen MR) is 64.8 cm³/mol. The normalized spacial score (nSPS) is 10.1. The SMILES string of the molecule is O=C(Nc1ncc(Br)s1)c1cc[nH]c(=O)c1. The van der Waals surface area contributed by atoms with Crippen LogP contribution in [0.3, 0.4) is 0 Å². The molecule has 7 heteroatoms. The fraction of sp³-hybridized carbons (Fsp3) is 0. The molecule has 0 bridgehead atoms. The monoisotopic (exact) mass is 299 g/mol. The van der Waals surface area contributed by atoms with Gasteiger partial charge in [0, 0.05) is 17.8 Å². The third-order valence-electron chi connectivity index (χ3n) is 1.74. The molecule has 0 fully saturated rings. The molecule has 0 aliphatic rings. The molecule has 0 aliphatic heterocycles. The van der Waals surface area contributed by atoms with Gasteiger partial charge in [0.25, 0.3) is 5.91 Å². The van der Waals surface area contributed by atoms with E-state index in [4.69, 9.17) is 0 Å². The number of nitrogens with zero attached hydrogens (tertiary/aromatic N) is 1. The highest BCUT2D eigenvalue weighted by Gasteiger charge is 2.08. The van der Waals surface area contributed by atoms with Crippen molar-refractivity contribution in [3.63, 3.8) is 0 Å². The van der Waals surface area contributed by atoms with Crippen LogP contribution in [-0.2, 0) is 0 Å². The number of carbonyl (C=O) groups is 1. The number of nitrogens with one attached hydrogen (secondary N) is 2. The fourth-order valence-corrected chi connectivity index (χ4v) is 2.17. The number of H-pyrrole nitrogens is 1. The minimum absolute atomic E-state index is 0.301. The molecule has 1 amide bonds. The third-order valence-corrected chi connectivity index (χ3v) is 3.13. The second-order valence-electron chi connectivity index (χ2n) is 2.87. The lowest BCUT2D eigenvalue weighted by Crippen LogP contribution is -2.15. The van der Waals surface area contributed by atoms with Crippen molar-refractivity contribution in [1.29, 1.82) is 0 Å². The number of anilines is 1. The topological polar surface area (TPSA) is 74.8 Å². The lowest BCUT2D eigenvalue weighted by Gasteiger charge is -1.99. The highest BCUT2D eigenvalue weighted by Crippen LogP contribution is 2.23. The van der Waals surface area contributed by atoms with Crippen LogP contribution in [0.2, 0.25) is 0 Å². The van der Waals surface area contributed by atoms with E-state index in [1.807, 2.05) is 0 Å². The van der Waals surface area contributed by atoms with Crippen molar-refractivity contribution >= 4 is 38.3 Å². The standard InChI is InChI=1S/C9H6BrN3O2S/c10-6-4-12-9(16-6)13-8(15)5-1-2-11-7(14)3-5/h1-4H,(H,11,14)(H,12,13,15). The van der Waals surface area contributed by atoms with Crippen molar-refractivity contribution in [3.8, 4) is 0 Å². The molecule has 2 rings (SSSR count). The molecule has 2 aromatic heterocycles. The van der Waals surface area contributed by atoms with Crippen molar-refractivity contribution in [2.45, 2.75) is 0 Å². The van der Waals surface area contributed by atoms with Gasteiger partial charge in [-0.15, -0.1) is 0 Å². The summed E-state index contributed by atoms with van der Waals surface area (Å²) >= 11 is 4.54. The van der Waals surface area contributed by atoms with Crippen LogP contribution in [0.4, 0.5) is 5.13 Å². The zero-order valence-corrected chi connectivity index (χ0v) is 10.3. The molecule has 2 N–H and O–H groups in total. The summed E-state index contributed by atoms with van der Waals surface area (Å²) in [5.41, 5.74) is -0.0111. The number of pyridine rings is 1. The Hall–Kier alpha value is -1.47. The summed E-state index contributed by atoms with van der Waals surface area (Å²) in [5.74, 6) is -0.354. The summed E-state index contributed by atoms with van der Waals surface area (Å²) in [6, 6.07) is 2.76. The average Bonchev–Trinajstić information content (AvgIpc) is 2.64. The maximum Gasteiger partial charge on any atom is 0.257 e. The molecule has 0 aliphatic carbocycles. The zero-order chi connectivity index (χ0) is 11.5. The Bertz CT molecular complexity index is 578. The van der Waals surface area contributed by atoms with Gasteiger partial charge < -0.3 is 4.98 Å². The summed E-state index contributed by atoms with van der Waals surface area (Å²) in [6.07, 6.45) is 3.02. The molecule has 82 valence electrons. The van der Waals surface area contributed by atoms with Crippen LogP contribution >= 0.6 is 27.3 Å². The first-order valence-electron chi connectivity index (χ1n) is 4.26. The molecule has 16 heavy (non-hydrogen) atoms. The number of halogens is 1. The van der Waals surface area contributed by atoms with E-state index in [-0.39, 0.29) is 11.5 Å². The second kappa shape index (κ2) is 4.58. The highest BCUT2D eigenvalue weighted by atomic mass is 79.9. The number of hydrogen-bond acceptors (Lipinski definition) is 4. The molecule has 0 aromatic carbocycles. The first-order chi connectivity index (χ1) is 7.65. The molecule has 0 saturated carbocycles. The lowest BCUT2D eigenvalue weighted by molar-refractivity contribution is 0.102. The molecule has 0 spiro atoms. The molecule has 5 nitrogen and oxygen atoms in total. The van der Waals surface area contributed by atoms with Gasteiger partial charge in [-0.05, 0) is 22.0 Å². The summed E-state index contributed by atoms with van der Waals surface area (Å²) in [6.45, 7) is 0. The number of amides is 1. The molecular weight excluding hydrogens is 294 g/mol. The van der Waals surface area contributed by atoms with Crippen molar-refractivity contribution in [2.75, 3.05) is 5.32 Å². The number of thiazole rings is 1. The Balaban J connectivity index is 2.17. The van der Waals surface area contributed by atoms with Crippen molar-refractivity contribution < 1.29 is 4.79 Å². The van der Waals surface area contributed by atoms with E-state index in [9.17, 15) is 9.59 Å². The Labute approximate surface area is 103 Å².